The van der Waals surface area contributed by atoms with Crippen LogP contribution < -0.4 is 15.8 Å². The first-order valence-electron chi connectivity index (χ1n) is 6.48. The smallest absolute Gasteiger partial charge is 0.262 e. The number of hydrogen-bond donors (Lipinski definition) is 2. The van der Waals surface area contributed by atoms with Crippen LogP contribution >= 0.6 is 12.2 Å². The van der Waals surface area contributed by atoms with Crippen LogP contribution in [0.15, 0.2) is 54.6 Å². The molecule has 0 aliphatic heterocycles. The molecular formula is C16H16N2O2S. The van der Waals surface area contributed by atoms with Crippen molar-refractivity contribution in [2.24, 2.45) is 5.73 Å². The second kappa shape index (κ2) is 7.40. The maximum absolute atomic E-state index is 11.7. The van der Waals surface area contributed by atoms with Crippen LogP contribution in [-0.4, -0.2) is 17.5 Å². The van der Waals surface area contributed by atoms with Crippen molar-refractivity contribution < 1.29 is 9.53 Å². The first-order chi connectivity index (χ1) is 10.1. The predicted octanol–water partition coefficient (Wildman–Crippen LogP) is 2.53. The van der Waals surface area contributed by atoms with Gasteiger partial charge in [-0.05, 0) is 29.8 Å². The van der Waals surface area contributed by atoms with Gasteiger partial charge in [-0.3, -0.25) is 4.79 Å². The molecular weight excluding hydrogens is 284 g/mol. The van der Waals surface area contributed by atoms with E-state index in [0.717, 1.165) is 11.3 Å². The Morgan fingerprint density at radius 1 is 1.10 bits per heavy atom. The van der Waals surface area contributed by atoms with E-state index in [1.54, 1.807) is 12.1 Å². The molecule has 4 nitrogen and oxygen atoms in total. The Morgan fingerprint density at radius 3 is 2.38 bits per heavy atom. The van der Waals surface area contributed by atoms with Crippen molar-refractivity contribution in [1.82, 2.24) is 0 Å². The zero-order chi connectivity index (χ0) is 15.1. The zero-order valence-corrected chi connectivity index (χ0v) is 12.2. The maximum atomic E-state index is 11.7. The minimum atomic E-state index is -0.201. The van der Waals surface area contributed by atoms with Gasteiger partial charge in [0.1, 0.15) is 5.75 Å². The number of para-hydroxylation sites is 1. The summed E-state index contributed by atoms with van der Waals surface area (Å²) in [5, 5.41) is 2.75. The van der Waals surface area contributed by atoms with Crippen molar-refractivity contribution in [2.45, 2.75) is 6.42 Å². The lowest BCUT2D eigenvalue weighted by atomic mass is 10.1. The molecule has 21 heavy (non-hydrogen) atoms. The first-order valence-corrected chi connectivity index (χ1v) is 6.89. The number of amides is 1. The molecule has 1 amide bonds. The molecule has 2 aromatic rings. The lowest BCUT2D eigenvalue weighted by molar-refractivity contribution is -0.118. The predicted molar refractivity (Wildman–Crippen MR) is 87.5 cm³/mol. The van der Waals surface area contributed by atoms with Gasteiger partial charge in [-0.2, -0.15) is 0 Å². The second-order valence-electron chi connectivity index (χ2n) is 4.49. The molecule has 2 rings (SSSR count). The van der Waals surface area contributed by atoms with Gasteiger partial charge in [0.25, 0.3) is 5.91 Å². The minimum Gasteiger partial charge on any atom is -0.484 e. The number of carbonyl (C=O) groups is 1. The fourth-order valence-corrected chi connectivity index (χ4v) is 1.94. The van der Waals surface area contributed by atoms with E-state index in [-0.39, 0.29) is 12.5 Å². The molecule has 0 aromatic heterocycles. The van der Waals surface area contributed by atoms with Gasteiger partial charge in [-0.25, -0.2) is 0 Å². The van der Waals surface area contributed by atoms with Gasteiger partial charge in [0.15, 0.2) is 6.61 Å². The van der Waals surface area contributed by atoms with Crippen molar-refractivity contribution in [3.8, 4) is 5.75 Å². The summed E-state index contributed by atoms with van der Waals surface area (Å²) in [4.78, 5) is 12.2. The lowest BCUT2D eigenvalue weighted by Crippen LogP contribution is -2.20. The molecule has 0 unspecified atom stereocenters. The van der Waals surface area contributed by atoms with Crippen LogP contribution in [-0.2, 0) is 11.2 Å². The zero-order valence-electron chi connectivity index (χ0n) is 11.4. The summed E-state index contributed by atoms with van der Waals surface area (Å²) >= 11 is 4.85. The van der Waals surface area contributed by atoms with E-state index >= 15 is 0 Å². The van der Waals surface area contributed by atoms with Crippen molar-refractivity contribution >= 4 is 28.8 Å². The molecule has 0 aliphatic rings. The van der Waals surface area contributed by atoms with Crippen molar-refractivity contribution in [3.05, 3.63) is 60.2 Å². The highest BCUT2D eigenvalue weighted by atomic mass is 32.1. The normalized spacial score (nSPS) is 9.90. The highest BCUT2D eigenvalue weighted by molar-refractivity contribution is 7.80. The number of nitrogens with one attached hydrogen (secondary N) is 1. The van der Waals surface area contributed by atoms with Gasteiger partial charge in [-0.15, -0.1) is 0 Å². The van der Waals surface area contributed by atoms with Gasteiger partial charge in [-0.1, -0.05) is 42.5 Å². The fraction of sp³-hybridized carbons (Fsp3) is 0.125. The molecule has 0 atom stereocenters. The Hall–Kier alpha value is -2.40. The van der Waals surface area contributed by atoms with Gasteiger partial charge in [0.2, 0.25) is 0 Å². The summed E-state index contributed by atoms with van der Waals surface area (Å²) in [5.41, 5.74) is 7.25. The number of ether oxygens (including phenoxy) is 1. The highest BCUT2D eigenvalue weighted by Gasteiger charge is 2.03. The molecule has 0 saturated carbocycles. The van der Waals surface area contributed by atoms with Crippen LogP contribution in [0.5, 0.6) is 5.75 Å². The van der Waals surface area contributed by atoms with E-state index < -0.39 is 0 Å². The standard InChI is InChI=1S/C16H16N2O2S/c17-15(21)10-12-6-8-14(9-7-12)20-11-16(19)18-13-4-2-1-3-5-13/h1-9H,10-11H2,(H2,17,21)(H,18,19). The molecule has 3 N–H and O–H groups in total. The summed E-state index contributed by atoms with van der Waals surface area (Å²) in [5.74, 6) is 0.429. The molecule has 0 spiro atoms. The van der Waals surface area contributed by atoms with E-state index in [2.05, 4.69) is 5.32 Å². The third kappa shape index (κ3) is 5.24. The van der Waals surface area contributed by atoms with Crippen LogP contribution in [0.3, 0.4) is 0 Å². The van der Waals surface area contributed by atoms with E-state index in [9.17, 15) is 4.79 Å². The third-order valence-electron chi connectivity index (χ3n) is 2.73. The molecule has 0 heterocycles. The summed E-state index contributed by atoms with van der Waals surface area (Å²) in [6.07, 6.45) is 0.560. The number of thiocarbonyl (C=S) groups is 1. The van der Waals surface area contributed by atoms with Crippen molar-refractivity contribution in [2.75, 3.05) is 11.9 Å². The van der Waals surface area contributed by atoms with Gasteiger partial charge in [0.05, 0.1) is 4.99 Å². The summed E-state index contributed by atoms with van der Waals surface area (Å²) < 4.78 is 5.42. The van der Waals surface area contributed by atoms with Crippen LogP contribution in [0.25, 0.3) is 0 Å². The number of nitrogens with two attached hydrogens (primary N) is 1. The SMILES string of the molecule is NC(=S)Cc1ccc(OCC(=O)Nc2ccccc2)cc1. The number of rotatable bonds is 6. The Kier molecular flexibility index (Phi) is 5.29. The molecule has 0 radical (unpaired) electrons. The van der Waals surface area contributed by atoms with Gasteiger partial charge in [0, 0.05) is 12.1 Å². The monoisotopic (exact) mass is 300 g/mol. The van der Waals surface area contributed by atoms with Crippen molar-refractivity contribution in [3.63, 3.8) is 0 Å². The molecule has 5 heteroatoms. The largest absolute Gasteiger partial charge is 0.484 e. The Balaban J connectivity index is 1.82. The lowest BCUT2D eigenvalue weighted by Gasteiger charge is -2.08. The summed E-state index contributed by atoms with van der Waals surface area (Å²) in [6.45, 7) is -0.0382. The second-order valence-corrected chi connectivity index (χ2v) is 5.01. The summed E-state index contributed by atoms with van der Waals surface area (Å²) in [7, 11) is 0. The van der Waals surface area contributed by atoms with Crippen molar-refractivity contribution in [1.29, 1.82) is 0 Å². The number of hydrogen-bond acceptors (Lipinski definition) is 3. The van der Waals surface area contributed by atoms with Gasteiger partial charge < -0.3 is 15.8 Å². The average Bonchev–Trinajstić information content (AvgIpc) is 2.47. The van der Waals surface area contributed by atoms with Gasteiger partial charge >= 0.3 is 0 Å². The van der Waals surface area contributed by atoms with Crippen LogP contribution in [0.2, 0.25) is 0 Å². The minimum absolute atomic E-state index is 0.0382. The quantitative estimate of drug-likeness (QED) is 0.805. The average molecular weight is 300 g/mol. The summed E-state index contributed by atoms with van der Waals surface area (Å²) in [6, 6.07) is 16.6. The molecule has 0 saturated heterocycles. The fourth-order valence-electron chi connectivity index (χ4n) is 1.77. The molecule has 108 valence electrons. The highest BCUT2D eigenvalue weighted by Crippen LogP contribution is 2.13. The molecule has 0 bridgehead atoms. The third-order valence-corrected chi connectivity index (χ3v) is 2.87. The first kappa shape index (κ1) is 15.0. The number of anilines is 1. The number of carbonyl (C=O) groups excluding carboxylic acids is 1. The maximum Gasteiger partial charge on any atom is 0.262 e. The Morgan fingerprint density at radius 2 is 1.76 bits per heavy atom. The van der Waals surface area contributed by atoms with Crippen LogP contribution in [0, 0.1) is 0 Å². The van der Waals surface area contributed by atoms with E-state index in [4.69, 9.17) is 22.7 Å². The number of benzene rings is 2. The van der Waals surface area contributed by atoms with E-state index in [1.165, 1.54) is 0 Å². The van der Waals surface area contributed by atoms with E-state index in [1.807, 2.05) is 42.5 Å². The van der Waals surface area contributed by atoms with E-state index in [0.29, 0.717) is 17.2 Å². The topological polar surface area (TPSA) is 64.3 Å². The Bertz CT molecular complexity index is 612. The molecule has 0 aliphatic carbocycles. The molecule has 2 aromatic carbocycles. The Labute approximate surface area is 128 Å². The molecule has 0 fully saturated rings. The van der Waals surface area contributed by atoms with Crippen LogP contribution in [0.1, 0.15) is 5.56 Å². The van der Waals surface area contributed by atoms with Crippen LogP contribution in [0.4, 0.5) is 5.69 Å².